The molecule has 1 saturated carbocycles. The summed E-state index contributed by atoms with van der Waals surface area (Å²) in [7, 11) is 0. The van der Waals surface area contributed by atoms with Gasteiger partial charge in [-0.15, -0.1) is 0 Å². The number of hydrogen-bond acceptors (Lipinski definition) is 1. The van der Waals surface area contributed by atoms with Gasteiger partial charge in [0.15, 0.2) is 0 Å². The molecule has 0 aromatic rings. The van der Waals surface area contributed by atoms with Crippen LogP contribution in [0.2, 0.25) is 0 Å². The van der Waals surface area contributed by atoms with Gasteiger partial charge in [0.1, 0.15) is 0 Å². The second-order valence-electron chi connectivity index (χ2n) is 2.79. The van der Waals surface area contributed by atoms with E-state index in [0.717, 1.165) is 0 Å². The molecule has 0 bridgehead atoms. The van der Waals surface area contributed by atoms with E-state index in [4.69, 9.17) is 4.74 Å². The minimum Gasteiger partial charge on any atom is -0.381 e. The Morgan fingerprint density at radius 1 is 1.50 bits per heavy atom. The van der Waals surface area contributed by atoms with Gasteiger partial charge in [0, 0.05) is 26.1 Å². The van der Waals surface area contributed by atoms with E-state index in [1.54, 1.807) is 0 Å². The fourth-order valence-corrected chi connectivity index (χ4v) is 1.19. The van der Waals surface area contributed by atoms with Gasteiger partial charge in [0.25, 0.3) is 0 Å². The molecule has 10 heavy (non-hydrogen) atoms. The average molecular weight is 150 g/mol. The lowest BCUT2D eigenvalue weighted by atomic mass is 9.82. The summed E-state index contributed by atoms with van der Waals surface area (Å²) in [6, 6.07) is 0. The number of hydrogen-bond donors (Lipinski definition) is 0. The molecular formula is C7H12F2O. The highest BCUT2D eigenvalue weighted by Gasteiger charge is 2.44. The predicted molar refractivity (Wildman–Crippen MR) is 34.2 cm³/mol. The van der Waals surface area contributed by atoms with E-state index >= 15 is 0 Å². The zero-order valence-electron chi connectivity index (χ0n) is 6.07. The first kappa shape index (κ1) is 7.92. The first-order valence-corrected chi connectivity index (χ1v) is 3.59. The lowest BCUT2D eigenvalue weighted by Gasteiger charge is -2.34. The van der Waals surface area contributed by atoms with Crippen LogP contribution in [-0.2, 0) is 4.74 Å². The molecule has 1 fully saturated rings. The van der Waals surface area contributed by atoms with Crippen molar-refractivity contribution in [2.24, 2.45) is 5.92 Å². The fourth-order valence-electron chi connectivity index (χ4n) is 1.19. The van der Waals surface area contributed by atoms with Crippen LogP contribution in [0.15, 0.2) is 0 Å². The maximum atomic E-state index is 12.2. The minimum atomic E-state index is -2.39. The third kappa shape index (κ3) is 1.90. The Bertz CT molecular complexity index is 106. The van der Waals surface area contributed by atoms with Crippen molar-refractivity contribution in [3.8, 4) is 0 Å². The van der Waals surface area contributed by atoms with Crippen molar-refractivity contribution in [1.82, 2.24) is 0 Å². The molecule has 0 aliphatic heterocycles. The van der Waals surface area contributed by atoms with Crippen LogP contribution in [0.25, 0.3) is 0 Å². The average Bonchev–Trinajstić information content (AvgIpc) is 1.78. The summed E-state index contributed by atoms with van der Waals surface area (Å²) in [6.07, 6.45) is 0.0417. The maximum absolute atomic E-state index is 12.2. The first-order valence-electron chi connectivity index (χ1n) is 3.59. The molecule has 0 saturated heterocycles. The molecule has 1 aliphatic rings. The molecule has 1 aliphatic carbocycles. The molecule has 0 unspecified atom stereocenters. The Morgan fingerprint density at radius 2 is 2.10 bits per heavy atom. The second-order valence-corrected chi connectivity index (χ2v) is 2.79. The van der Waals surface area contributed by atoms with E-state index in [1.807, 2.05) is 6.92 Å². The van der Waals surface area contributed by atoms with Crippen LogP contribution >= 0.6 is 0 Å². The van der Waals surface area contributed by atoms with Gasteiger partial charge < -0.3 is 4.74 Å². The highest BCUT2D eigenvalue weighted by Crippen LogP contribution is 2.42. The second kappa shape index (κ2) is 2.82. The van der Waals surface area contributed by atoms with Crippen molar-refractivity contribution in [3.63, 3.8) is 0 Å². The number of rotatable bonds is 3. The summed E-state index contributed by atoms with van der Waals surface area (Å²) < 4.78 is 29.3. The highest BCUT2D eigenvalue weighted by atomic mass is 19.3. The Kier molecular flexibility index (Phi) is 2.24. The first-order chi connectivity index (χ1) is 4.64. The van der Waals surface area contributed by atoms with Gasteiger partial charge in [0.2, 0.25) is 5.92 Å². The molecule has 1 rings (SSSR count). The molecule has 1 nitrogen and oxygen atoms in total. The van der Waals surface area contributed by atoms with Crippen LogP contribution in [-0.4, -0.2) is 19.1 Å². The zero-order valence-corrected chi connectivity index (χ0v) is 6.07. The number of halogens is 2. The van der Waals surface area contributed by atoms with Crippen molar-refractivity contribution in [2.75, 3.05) is 13.2 Å². The van der Waals surface area contributed by atoms with Crippen LogP contribution in [0.5, 0.6) is 0 Å². The van der Waals surface area contributed by atoms with Crippen molar-refractivity contribution >= 4 is 0 Å². The predicted octanol–water partition coefficient (Wildman–Crippen LogP) is 2.07. The van der Waals surface area contributed by atoms with Crippen LogP contribution in [0.1, 0.15) is 19.8 Å². The minimum absolute atomic E-state index is 0.0208. The summed E-state index contributed by atoms with van der Waals surface area (Å²) in [6.45, 7) is 3.00. The number of ether oxygens (including phenoxy) is 1. The van der Waals surface area contributed by atoms with Gasteiger partial charge >= 0.3 is 0 Å². The number of alkyl halides is 2. The van der Waals surface area contributed by atoms with Gasteiger partial charge in [-0.05, 0) is 12.8 Å². The molecule has 0 aromatic carbocycles. The topological polar surface area (TPSA) is 9.23 Å². The van der Waals surface area contributed by atoms with E-state index in [1.165, 1.54) is 0 Å². The van der Waals surface area contributed by atoms with Crippen molar-refractivity contribution < 1.29 is 13.5 Å². The smallest absolute Gasteiger partial charge is 0.248 e. The van der Waals surface area contributed by atoms with Crippen molar-refractivity contribution in [1.29, 1.82) is 0 Å². The quantitative estimate of drug-likeness (QED) is 0.598. The maximum Gasteiger partial charge on any atom is 0.248 e. The van der Waals surface area contributed by atoms with Gasteiger partial charge in [-0.2, -0.15) is 0 Å². The van der Waals surface area contributed by atoms with Gasteiger partial charge in [0.05, 0.1) is 0 Å². The summed E-state index contributed by atoms with van der Waals surface area (Å²) in [5, 5.41) is 0. The van der Waals surface area contributed by atoms with E-state index in [0.29, 0.717) is 13.2 Å². The molecule has 0 aromatic heterocycles. The van der Waals surface area contributed by atoms with Gasteiger partial charge in [-0.25, -0.2) is 8.78 Å². The van der Waals surface area contributed by atoms with Crippen molar-refractivity contribution in [3.05, 3.63) is 0 Å². The lowest BCUT2D eigenvalue weighted by molar-refractivity contribution is -0.127. The molecule has 0 heterocycles. The molecule has 0 spiro atoms. The summed E-state index contributed by atoms with van der Waals surface area (Å²) >= 11 is 0. The van der Waals surface area contributed by atoms with E-state index in [-0.39, 0.29) is 18.8 Å². The third-order valence-electron chi connectivity index (χ3n) is 1.73. The molecule has 60 valence electrons. The molecule has 0 atom stereocenters. The monoisotopic (exact) mass is 150 g/mol. The molecule has 0 N–H and O–H groups in total. The molecule has 0 amide bonds. The zero-order chi connectivity index (χ0) is 7.61. The summed E-state index contributed by atoms with van der Waals surface area (Å²) in [4.78, 5) is 0. The Hall–Kier alpha value is -0.180. The van der Waals surface area contributed by atoms with Crippen molar-refractivity contribution in [2.45, 2.75) is 25.7 Å². The molecule has 0 radical (unpaired) electrons. The standard InChI is InChI=1S/C7H12F2O/c1-2-10-5-6-3-7(8,9)4-6/h6H,2-5H2,1H3. The highest BCUT2D eigenvalue weighted by molar-refractivity contribution is 4.85. The van der Waals surface area contributed by atoms with E-state index in [2.05, 4.69) is 0 Å². The van der Waals surface area contributed by atoms with Crippen LogP contribution in [0, 0.1) is 5.92 Å². The Balaban J connectivity index is 2.03. The van der Waals surface area contributed by atoms with Gasteiger partial charge in [-0.1, -0.05) is 0 Å². The largest absolute Gasteiger partial charge is 0.381 e. The fraction of sp³-hybridized carbons (Fsp3) is 1.00. The van der Waals surface area contributed by atoms with E-state index < -0.39 is 5.92 Å². The van der Waals surface area contributed by atoms with Crippen LogP contribution in [0.4, 0.5) is 8.78 Å². The Morgan fingerprint density at radius 3 is 2.50 bits per heavy atom. The SMILES string of the molecule is CCOCC1CC(F)(F)C1. The summed E-state index contributed by atoms with van der Waals surface area (Å²) in [5.74, 6) is -2.28. The molecule has 3 heteroatoms. The van der Waals surface area contributed by atoms with Crippen LogP contribution in [0.3, 0.4) is 0 Å². The normalized spacial score (nSPS) is 24.3. The Labute approximate surface area is 59.4 Å². The van der Waals surface area contributed by atoms with Crippen LogP contribution < -0.4 is 0 Å². The summed E-state index contributed by atoms with van der Waals surface area (Å²) in [5.41, 5.74) is 0. The van der Waals surface area contributed by atoms with Gasteiger partial charge in [-0.3, -0.25) is 0 Å². The van der Waals surface area contributed by atoms with E-state index in [9.17, 15) is 8.78 Å². The molecular weight excluding hydrogens is 138 g/mol. The lowest BCUT2D eigenvalue weighted by Crippen LogP contribution is -2.37. The third-order valence-corrected chi connectivity index (χ3v) is 1.73.